The average molecular weight is 252 g/mol. The molecule has 0 bridgehead atoms. The van der Waals surface area contributed by atoms with Crippen molar-refractivity contribution in [2.24, 2.45) is 0 Å². The van der Waals surface area contributed by atoms with Crippen molar-refractivity contribution >= 4 is 5.97 Å². The molecule has 0 aromatic heterocycles. The minimum absolute atomic E-state index is 0.0127. The van der Waals surface area contributed by atoms with Crippen molar-refractivity contribution in [3.8, 4) is 5.75 Å². The van der Waals surface area contributed by atoms with Crippen molar-refractivity contribution in [1.29, 1.82) is 0 Å². The monoisotopic (exact) mass is 252 g/mol. The van der Waals surface area contributed by atoms with Gasteiger partial charge in [0.15, 0.2) is 0 Å². The molecule has 4 heteroatoms. The lowest BCUT2D eigenvalue weighted by atomic mass is 9.87. The van der Waals surface area contributed by atoms with E-state index in [2.05, 4.69) is 20.8 Å². The van der Waals surface area contributed by atoms with Crippen LogP contribution in [0.5, 0.6) is 5.75 Å². The lowest BCUT2D eigenvalue weighted by Crippen LogP contribution is -2.21. The van der Waals surface area contributed by atoms with Gasteiger partial charge in [-0.05, 0) is 23.1 Å². The molecular weight excluding hydrogens is 232 g/mol. The molecule has 1 rings (SSSR count). The van der Waals surface area contributed by atoms with Crippen LogP contribution in [-0.2, 0) is 10.2 Å². The van der Waals surface area contributed by atoms with E-state index in [1.165, 1.54) is 5.56 Å². The van der Waals surface area contributed by atoms with E-state index in [0.29, 0.717) is 5.75 Å². The molecule has 100 valence electrons. The van der Waals surface area contributed by atoms with Crippen LogP contribution in [0.3, 0.4) is 0 Å². The molecule has 0 radical (unpaired) electrons. The predicted molar refractivity (Wildman–Crippen MR) is 68.9 cm³/mol. The molecule has 2 N–H and O–H groups in total. The second kappa shape index (κ2) is 5.87. The maximum atomic E-state index is 10.4. The standard InChI is InChI=1S/C14H20O4/c1-14(2,3)10-4-6-12(7-5-10)18-9-11(15)8-13(16)17/h4-7,11,15H,8-9H2,1-3H3,(H,16,17). The molecule has 0 spiro atoms. The van der Waals surface area contributed by atoms with Crippen LogP contribution < -0.4 is 4.74 Å². The molecule has 1 atom stereocenters. The first kappa shape index (κ1) is 14.5. The molecule has 1 aromatic rings. The van der Waals surface area contributed by atoms with Gasteiger partial charge < -0.3 is 14.9 Å². The zero-order valence-electron chi connectivity index (χ0n) is 11.0. The van der Waals surface area contributed by atoms with E-state index < -0.39 is 12.1 Å². The Hall–Kier alpha value is -1.55. The quantitative estimate of drug-likeness (QED) is 0.843. The number of hydrogen-bond donors (Lipinski definition) is 2. The van der Waals surface area contributed by atoms with Crippen molar-refractivity contribution in [1.82, 2.24) is 0 Å². The van der Waals surface area contributed by atoms with Crippen molar-refractivity contribution in [3.63, 3.8) is 0 Å². The Balaban J connectivity index is 2.52. The van der Waals surface area contributed by atoms with Crippen LogP contribution in [0.2, 0.25) is 0 Å². The number of aliphatic carboxylic acids is 1. The smallest absolute Gasteiger partial charge is 0.306 e. The Morgan fingerprint density at radius 1 is 1.28 bits per heavy atom. The largest absolute Gasteiger partial charge is 0.491 e. The van der Waals surface area contributed by atoms with Crippen molar-refractivity contribution in [2.45, 2.75) is 38.7 Å². The number of rotatable bonds is 5. The van der Waals surface area contributed by atoms with E-state index in [1.54, 1.807) is 0 Å². The van der Waals surface area contributed by atoms with Crippen LogP contribution in [0.4, 0.5) is 0 Å². The first-order valence-corrected chi connectivity index (χ1v) is 5.92. The topological polar surface area (TPSA) is 66.8 Å². The number of hydrogen-bond acceptors (Lipinski definition) is 3. The second-order valence-corrected chi connectivity index (χ2v) is 5.34. The molecule has 0 heterocycles. The molecule has 0 aliphatic heterocycles. The number of aliphatic hydroxyl groups excluding tert-OH is 1. The SMILES string of the molecule is CC(C)(C)c1ccc(OCC(O)CC(=O)O)cc1. The van der Waals surface area contributed by atoms with E-state index in [9.17, 15) is 9.90 Å². The van der Waals surface area contributed by atoms with Gasteiger partial charge in [-0.1, -0.05) is 32.9 Å². The lowest BCUT2D eigenvalue weighted by Gasteiger charge is -2.19. The van der Waals surface area contributed by atoms with Crippen LogP contribution in [0.1, 0.15) is 32.8 Å². The summed E-state index contributed by atoms with van der Waals surface area (Å²) in [5.74, 6) is -0.401. The molecule has 0 amide bonds. The minimum Gasteiger partial charge on any atom is -0.491 e. The third-order valence-corrected chi connectivity index (χ3v) is 2.57. The Bertz CT molecular complexity index is 389. The predicted octanol–water partition coefficient (Wildman–Crippen LogP) is 2.20. The number of benzene rings is 1. The van der Waals surface area contributed by atoms with Gasteiger partial charge in [-0.25, -0.2) is 0 Å². The van der Waals surface area contributed by atoms with Crippen LogP contribution >= 0.6 is 0 Å². The molecule has 1 aromatic carbocycles. The second-order valence-electron chi connectivity index (χ2n) is 5.34. The summed E-state index contributed by atoms with van der Waals surface area (Å²) in [6.07, 6.45) is -1.29. The number of carboxylic acid groups (broad SMARTS) is 1. The highest BCUT2D eigenvalue weighted by molar-refractivity contribution is 5.67. The fourth-order valence-electron chi connectivity index (χ4n) is 1.50. The normalized spacial score (nSPS) is 13.1. The Morgan fingerprint density at radius 2 is 1.83 bits per heavy atom. The van der Waals surface area contributed by atoms with Crippen molar-refractivity contribution in [2.75, 3.05) is 6.61 Å². The first-order chi connectivity index (χ1) is 8.29. The van der Waals surface area contributed by atoms with E-state index in [4.69, 9.17) is 9.84 Å². The van der Waals surface area contributed by atoms with Crippen LogP contribution in [0.25, 0.3) is 0 Å². The van der Waals surface area contributed by atoms with Gasteiger partial charge in [0.2, 0.25) is 0 Å². The summed E-state index contributed by atoms with van der Waals surface area (Å²) in [5, 5.41) is 17.9. The van der Waals surface area contributed by atoms with Gasteiger partial charge >= 0.3 is 5.97 Å². The van der Waals surface area contributed by atoms with Crippen LogP contribution in [-0.4, -0.2) is 28.9 Å². The number of carbonyl (C=O) groups is 1. The molecule has 0 saturated heterocycles. The Kier molecular flexibility index (Phi) is 4.73. The summed E-state index contributed by atoms with van der Waals surface area (Å²) in [4.78, 5) is 10.4. The summed E-state index contributed by atoms with van der Waals surface area (Å²) < 4.78 is 5.32. The van der Waals surface area contributed by atoms with Crippen molar-refractivity contribution < 1.29 is 19.7 Å². The zero-order valence-corrected chi connectivity index (χ0v) is 11.0. The summed E-state index contributed by atoms with van der Waals surface area (Å²) in [6.45, 7) is 6.36. The Labute approximate surface area is 107 Å². The molecule has 1 unspecified atom stereocenters. The lowest BCUT2D eigenvalue weighted by molar-refractivity contribution is -0.139. The van der Waals surface area contributed by atoms with Gasteiger partial charge in [-0.3, -0.25) is 4.79 Å². The molecule has 0 aliphatic rings. The molecule has 4 nitrogen and oxygen atoms in total. The molecule has 0 aliphatic carbocycles. The van der Waals surface area contributed by atoms with E-state index in [-0.39, 0.29) is 18.4 Å². The van der Waals surface area contributed by atoms with Crippen LogP contribution in [0, 0.1) is 0 Å². The molecule has 0 fully saturated rings. The molecule has 0 saturated carbocycles. The van der Waals surface area contributed by atoms with Crippen molar-refractivity contribution in [3.05, 3.63) is 29.8 Å². The number of aliphatic hydroxyl groups is 1. The maximum absolute atomic E-state index is 10.4. The summed E-state index contributed by atoms with van der Waals surface area (Å²) >= 11 is 0. The highest BCUT2D eigenvalue weighted by atomic mass is 16.5. The average Bonchev–Trinajstić information content (AvgIpc) is 2.25. The van der Waals surface area contributed by atoms with E-state index in [0.717, 1.165) is 0 Å². The van der Waals surface area contributed by atoms with Gasteiger partial charge in [-0.2, -0.15) is 0 Å². The highest BCUT2D eigenvalue weighted by Crippen LogP contribution is 2.24. The first-order valence-electron chi connectivity index (χ1n) is 5.92. The molecular formula is C14H20O4. The van der Waals surface area contributed by atoms with Gasteiger partial charge in [0.1, 0.15) is 12.4 Å². The minimum atomic E-state index is -1.03. The zero-order chi connectivity index (χ0) is 13.8. The third-order valence-electron chi connectivity index (χ3n) is 2.57. The maximum Gasteiger partial charge on any atom is 0.306 e. The van der Waals surface area contributed by atoms with E-state index >= 15 is 0 Å². The fourth-order valence-corrected chi connectivity index (χ4v) is 1.50. The number of ether oxygens (including phenoxy) is 1. The van der Waals surface area contributed by atoms with Gasteiger partial charge in [0.05, 0.1) is 12.5 Å². The van der Waals surface area contributed by atoms with Gasteiger partial charge in [0.25, 0.3) is 0 Å². The number of carboxylic acids is 1. The van der Waals surface area contributed by atoms with Gasteiger partial charge in [-0.15, -0.1) is 0 Å². The Morgan fingerprint density at radius 3 is 2.28 bits per heavy atom. The van der Waals surface area contributed by atoms with E-state index in [1.807, 2.05) is 24.3 Å². The summed E-state index contributed by atoms with van der Waals surface area (Å²) in [7, 11) is 0. The highest BCUT2D eigenvalue weighted by Gasteiger charge is 2.14. The summed E-state index contributed by atoms with van der Waals surface area (Å²) in [6, 6.07) is 7.60. The third kappa shape index (κ3) is 4.75. The molecule has 18 heavy (non-hydrogen) atoms. The summed E-state index contributed by atoms with van der Waals surface area (Å²) in [5.41, 5.74) is 1.28. The van der Waals surface area contributed by atoms with Crippen LogP contribution in [0.15, 0.2) is 24.3 Å². The van der Waals surface area contributed by atoms with Gasteiger partial charge in [0, 0.05) is 0 Å². The fraction of sp³-hybridized carbons (Fsp3) is 0.500.